The molecule has 1 N–H and O–H groups in total. The number of nitrogens with zero attached hydrogens (tertiary/aromatic N) is 1. The third-order valence-corrected chi connectivity index (χ3v) is 5.82. The first-order valence-corrected chi connectivity index (χ1v) is 10.0. The van der Waals surface area contributed by atoms with E-state index in [1.54, 1.807) is 41.3 Å². The van der Waals surface area contributed by atoms with Gasteiger partial charge in [-0.2, -0.15) is 0 Å². The fraction of sp³-hybridized carbons (Fsp3) is 0.278. The number of benzene rings is 2. The molecule has 138 valence electrons. The largest absolute Gasteiger partial charge is 0.492 e. The van der Waals surface area contributed by atoms with Crippen molar-refractivity contribution < 1.29 is 17.9 Å². The molecule has 3 rings (SSSR count). The number of ether oxygens (including phenoxy) is 1. The van der Waals surface area contributed by atoms with Gasteiger partial charge < -0.3 is 9.64 Å². The molecule has 0 saturated heterocycles. The lowest BCUT2D eigenvalue weighted by molar-refractivity contribution is -0.116. The molecular formula is C18H19ClN2O4S. The van der Waals surface area contributed by atoms with Crippen LogP contribution in [0.1, 0.15) is 12.5 Å². The van der Waals surface area contributed by atoms with Crippen LogP contribution in [-0.2, 0) is 21.2 Å². The quantitative estimate of drug-likeness (QED) is 0.764. The number of carbonyl (C=O) groups is 1. The van der Waals surface area contributed by atoms with E-state index in [4.69, 9.17) is 16.3 Å². The highest BCUT2D eigenvalue weighted by atomic mass is 35.5. The van der Waals surface area contributed by atoms with Gasteiger partial charge >= 0.3 is 0 Å². The van der Waals surface area contributed by atoms with Gasteiger partial charge in [0.25, 0.3) is 0 Å². The lowest BCUT2D eigenvalue weighted by atomic mass is 10.2. The zero-order valence-electron chi connectivity index (χ0n) is 14.2. The number of anilines is 1. The number of hydrogen-bond donors (Lipinski definition) is 1. The van der Waals surface area contributed by atoms with Gasteiger partial charge in [-0.05, 0) is 54.4 Å². The molecule has 0 atom stereocenters. The van der Waals surface area contributed by atoms with E-state index < -0.39 is 10.0 Å². The number of hydrogen-bond acceptors (Lipinski definition) is 4. The summed E-state index contributed by atoms with van der Waals surface area (Å²) in [5, 5.41) is 0.609. The van der Waals surface area contributed by atoms with Crippen LogP contribution in [0.5, 0.6) is 5.75 Å². The summed E-state index contributed by atoms with van der Waals surface area (Å²) in [5.41, 5.74) is 1.64. The van der Waals surface area contributed by atoms with E-state index in [1.165, 1.54) is 13.0 Å². The Balaban J connectivity index is 1.60. The van der Waals surface area contributed by atoms with Crippen LogP contribution in [0.25, 0.3) is 0 Å². The van der Waals surface area contributed by atoms with Crippen LogP contribution in [0.4, 0.5) is 5.69 Å². The van der Waals surface area contributed by atoms with Gasteiger partial charge in [-0.1, -0.05) is 11.6 Å². The number of rotatable bonds is 6. The number of sulfonamides is 1. The molecule has 8 heteroatoms. The Kier molecular flexibility index (Phi) is 5.50. The fourth-order valence-electron chi connectivity index (χ4n) is 2.83. The van der Waals surface area contributed by atoms with Gasteiger partial charge in [0.15, 0.2) is 0 Å². The van der Waals surface area contributed by atoms with Gasteiger partial charge in [-0.3, -0.25) is 4.79 Å². The van der Waals surface area contributed by atoms with Crippen molar-refractivity contribution in [2.45, 2.75) is 18.2 Å². The monoisotopic (exact) mass is 394 g/mol. The summed E-state index contributed by atoms with van der Waals surface area (Å²) in [6, 6.07) is 11.7. The minimum atomic E-state index is -3.64. The van der Waals surface area contributed by atoms with Crippen LogP contribution in [-0.4, -0.2) is 34.0 Å². The predicted octanol–water partition coefficient (Wildman–Crippen LogP) is 2.61. The molecule has 6 nitrogen and oxygen atoms in total. The number of amides is 1. The van der Waals surface area contributed by atoms with Crippen LogP contribution in [0.15, 0.2) is 47.4 Å². The number of carbonyl (C=O) groups excluding carboxylic acids is 1. The molecular weight excluding hydrogens is 376 g/mol. The summed E-state index contributed by atoms with van der Waals surface area (Å²) in [6.07, 6.45) is 0.651. The van der Waals surface area contributed by atoms with E-state index in [1.807, 2.05) is 0 Å². The average molecular weight is 395 g/mol. The van der Waals surface area contributed by atoms with Crippen molar-refractivity contribution in [1.82, 2.24) is 4.72 Å². The molecule has 0 aromatic heterocycles. The Morgan fingerprint density at radius 2 is 1.96 bits per heavy atom. The van der Waals surface area contributed by atoms with Crippen molar-refractivity contribution in [3.63, 3.8) is 0 Å². The third-order valence-electron chi connectivity index (χ3n) is 4.11. The SMILES string of the molecule is CC(=O)N1CCc2cc(S(=O)(=O)NCCOc3ccc(Cl)cc3)ccc21. The van der Waals surface area contributed by atoms with Gasteiger partial charge in [-0.25, -0.2) is 13.1 Å². The summed E-state index contributed by atoms with van der Waals surface area (Å²) in [7, 11) is -3.64. The lowest BCUT2D eigenvalue weighted by Crippen LogP contribution is -2.28. The van der Waals surface area contributed by atoms with Crippen LogP contribution < -0.4 is 14.4 Å². The Hall–Kier alpha value is -2.09. The van der Waals surface area contributed by atoms with E-state index in [2.05, 4.69) is 4.72 Å². The predicted molar refractivity (Wildman–Crippen MR) is 100 cm³/mol. The summed E-state index contributed by atoms with van der Waals surface area (Å²) in [5.74, 6) is 0.576. The van der Waals surface area contributed by atoms with Gasteiger partial charge in [0.1, 0.15) is 12.4 Å². The van der Waals surface area contributed by atoms with Crippen LogP contribution >= 0.6 is 11.6 Å². The third kappa shape index (κ3) is 4.17. The lowest BCUT2D eigenvalue weighted by Gasteiger charge is -2.15. The highest BCUT2D eigenvalue weighted by Crippen LogP contribution is 2.30. The van der Waals surface area contributed by atoms with Crippen molar-refractivity contribution in [3.8, 4) is 5.75 Å². The van der Waals surface area contributed by atoms with Gasteiger partial charge in [0.05, 0.1) is 4.90 Å². The smallest absolute Gasteiger partial charge is 0.240 e. The molecule has 0 unspecified atom stereocenters. The van der Waals surface area contributed by atoms with Gasteiger partial charge in [0.2, 0.25) is 15.9 Å². The standard InChI is InChI=1S/C18H19ClN2O4S/c1-13(22)21-10-8-14-12-17(6-7-18(14)21)26(23,24)20-9-11-25-16-4-2-15(19)3-5-16/h2-7,12,20H,8-11H2,1H3. The minimum Gasteiger partial charge on any atom is -0.492 e. The van der Waals surface area contributed by atoms with E-state index in [0.29, 0.717) is 23.7 Å². The maximum absolute atomic E-state index is 12.4. The number of fused-ring (bicyclic) bond motifs is 1. The summed E-state index contributed by atoms with van der Waals surface area (Å²) in [6.45, 7) is 2.42. The summed E-state index contributed by atoms with van der Waals surface area (Å²) < 4.78 is 32.9. The highest BCUT2D eigenvalue weighted by molar-refractivity contribution is 7.89. The normalized spacial score (nSPS) is 13.5. The van der Waals surface area contributed by atoms with Crippen molar-refractivity contribution >= 4 is 33.2 Å². The molecule has 0 aliphatic carbocycles. The van der Waals surface area contributed by atoms with Gasteiger partial charge in [-0.15, -0.1) is 0 Å². The van der Waals surface area contributed by atoms with Crippen molar-refractivity contribution in [1.29, 1.82) is 0 Å². The second-order valence-corrected chi connectivity index (χ2v) is 8.11. The molecule has 1 heterocycles. The Morgan fingerprint density at radius 1 is 1.23 bits per heavy atom. The molecule has 0 fully saturated rings. The fourth-order valence-corrected chi connectivity index (χ4v) is 4.02. The van der Waals surface area contributed by atoms with Crippen LogP contribution in [0.2, 0.25) is 5.02 Å². The molecule has 1 aliphatic heterocycles. The number of nitrogens with one attached hydrogen (secondary N) is 1. The first-order valence-electron chi connectivity index (χ1n) is 8.16. The first kappa shape index (κ1) is 18.7. The molecule has 0 spiro atoms. The Labute approximate surface area is 157 Å². The molecule has 1 amide bonds. The molecule has 26 heavy (non-hydrogen) atoms. The number of halogens is 1. The Bertz CT molecular complexity index is 913. The van der Waals surface area contributed by atoms with Gasteiger partial charge in [0, 0.05) is 30.7 Å². The molecule has 0 bridgehead atoms. The molecule has 1 aliphatic rings. The maximum Gasteiger partial charge on any atom is 0.240 e. The Morgan fingerprint density at radius 3 is 2.65 bits per heavy atom. The molecule has 0 radical (unpaired) electrons. The van der Waals surface area contributed by atoms with E-state index in [0.717, 1.165) is 11.3 Å². The summed E-state index contributed by atoms with van der Waals surface area (Å²) >= 11 is 5.80. The highest BCUT2D eigenvalue weighted by Gasteiger charge is 2.24. The summed E-state index contributed by atoms with van der Waals surface area (Å²) in [4.78, 5) is 13.4. The second kappa shape index (κ2) is 7.65. The van der Waals surface area contributed by atoms with Crippen molar-refractivity contribution in [3.05, 3.63) is 53.1 Å². The van der Waals surface area contributed by atoms with Crippen molar-refractivity contribution in [2.24, 2.45) is 0 Å². The van der Waals surface area contributed by atoms with E-state index in [9.17, 15) is 13.2 Å². The van der Waals surface area contributed by atoms with Crippen LogP contribution in [0.3, 0.4) is 0 Å². The second-order valence-electron chi connectivity index (χ2n) is 5.91. The average Bonchev–Trinajstić information content (AvgIpc) is 3.04. The molecule has 2 aromatic carbocycles. The van der Waals surface area contributed by atoms with Crippen molar-refractivity contribution in [2.75, 3.05) is 24.6 Å². The molecule has 0 saturated carbocycles. The molecule has 2 aromatic rings. The van der Waals surface area contributed by atoms with E-state index >= 15 is 0 Å². The van der Waals surface area contributed by atoms with Crippen LogP contribution in [0, 0.1) is 0 Å². The maximum atomic E-state index is 12.4. The first-order chi connectivity index (χ1) is 12.4. The van der Waals surface area contributed by atoms with E-state index in [-0.39, 0.29) is 24.0 Å². The zero-order chi connectivity index (χ0) is 18.7. The zero-order valence-corrected chi connectivity index (χ0v) is 15.8. The minimum absolute atomic E-state index is 0.0446. The topological polar surface area (TPSA) is 75.7 Å².